The average Bonchev–Trinajstić information content (AvgIpc) is 2.14. The van der Waals surface area contributed by atoms with Crippen molar-refractivity contribution < 1.29 is 9.53 Å². The Kier molecular flexibility index (Phi) is 4.35. The van der Waals surface area contributed by atoms with Crippen LogP contribution in [0.2, 0.25) is 0 Å². The molecule has 1 fully saturated rings. The van der Waals surface area contributed by atoms with Gasteiger partial charge in [0.1, 0.15) is 0 Å². The molecule has 4 nitrogen and oxygen atoms in total. The van der Waals surface area contributed by atoms with Gasteiger partial charge in [0.05, 0.1) is 12.0 Å². The van der Waals surface area contributed by atoms with E-state index in [1.165, 1.54) is 0 Å². The van der Waals surface area contributed by atoms with Crippen molar-refractivity contribution in [3.63, 3.8) is 0 Å². The zero-order chi connectivity index (χ0) is 10.4. The fourth-order valence-corrected chi connectivity index (χ4v) is 1.71. The predicted octanol–water partition coefficient (Wildman–Crippen LogP) is 0.963. The van der Waals surface area contributed by atoms with Crippen LogP contribution in [0.15, 0.2) is 0 Å². The lowest BCUT2D eigenvalue weighted by Crippen LogP contribution is -2.50. The van der Waals surface area contributed by atoms with E-state index in [-0.39, 0.29) is 11.3 Å². The second-order valence-corrected chi connectivity index (χ2v) is 4.01. The van der Waals surface area contributed by atoms with E-state index in [0.717, 1.165) is 38.7 Å². The number of amides is 1. The molecular weight excluding hydrogens is 180 g/mol. The van der Waals surface area contributed by atoms with Gasteiger partial charge in [0.15, 0.2) is 0 Å². The molecule has 0 unspecified atom stereocenters. The maximum Gasteiger partial charge on any atom is 0.242 e. The van der Waals surface area contributed by atoms with Gasteiger partial charge >= 0.3 is 0 Å². The highest BCUT2D eigenvalue weighted by Crippen LogP contribution is 2.41. The summed E-state index contributed by atoms with van der Waals surface area (Å²) in [6.45, 7) is 3.39. The second-order valence-electron chi connectivity index (χ2n) is 4.01. The van der Waals surface area contributed by atoms with E-state index >= 15 is 0 Å². The number of hydrogen-bond donors (Lipinski definition) is 2. The molecule has 82 valence electrons. The minimum absolute atomic E-state index is 0.0692. The number of hydrazine groups is 1. The Balaban J connectivity index is 2.27. The smallest absolute Gasteiger partial charge is 0.242 e. The SMILES string of the molecule is CCCCOCC1(C(=O)NN)CCC1. The summed E-state index contributed by atoms with van der Waals surface area (Å²) in [4.78, 5) is 11.5. The van der Waals surface area contributed by atoms with Gasteiger partial charge in [-0.15, -0.1) is 0 Å². The average molecular weight is 200 g/mol. The Morgan fingerprint density at radius 2 is 2.29 bits per heavy atom. The Morgan fingerprint density at radius 1 is 1.57 bits per heavy atom. The number of rotatable bonds is 6. The number of unbranched alkanes of at least 4 members (excludes halogenated alkanes) is 1. The third-order valence-electron chi connectivity index (χ3n) is 2.94. The van der Waals surface area contributed by atoms with Crippen LogP contribution in [0.25, 0.3) is 0 Å². The highest BCUT2D eigenvalue weighted by Gasteiger charge is 2.44. The van der Waals surface area contributed by atoms with Crippen LogP contribution in [-0.2, 0) is 9.53 Å². The molecule has 14 heavy (non-hydrogen) atoms. The molecule has 0 aromatic heterocycles. The van der Waals surface area contributed by atoms with Gasteiger partial charge in [-0.1, -0.05) is 19.8 Å². The van der Waals surface area contributed by atoms with Gasteiger partial charge in [-0.2, -0.15) is 0 Å². The predicted molar refractivity (Wildman–Crippen MR) is 54.3 cm³/mol. The molecule has 0 atom stereocenters. The first-order valence-corrected chi connectivity index (χ1v) is 5.34. The van der Waals surface area contributed by atoms with Crippen LogP contribution >= 0.6 is 0 Å². The monoisotopic (exact) mass is 200 g/mol. The Morgan fingerprint density at radius 3 is 2.71 bits per heavy atom. The largest absolute Gasteiger partial charge is 0.380 e. The van der Waals surface area contributed by atoms with E-state index in [4.69, 9.17) is 10.6 Å². The third-order valence-corrected chi connectivity index (χ3v) is 2.94. The molecule has 0 aliphatic heterocycles. The van der Waals surface area contributed by atoms with Crippen molar-refractivity contribution in [3.8, 4) is 0 Å². The van der Waals surface area contributed by atoms with Crippen molar-refractivity contribution in [1.29, 1.82) is 0 Å². The minimum Gasteiger partial charge on any atom is -0.380 e. The van der Waals surface area contributed by atoms with E-state index in [1.54, 1.807) is 0 Å². The first-order valence-electron chi connectivity index (χ1n) is 5.34. The molecule has 0 radical (unpaired) electrons. The van der Waals surface area contributed by atoms with E-state index in [2.05, 4.69) is 12.3 Å². The topological polar surface area (TPSA) is 64.3 Å². The standard InChI is InChI=1S/C10H20N2O2/c1-2-3-7-14-8-10(5-4-6-10)9(13)12-11/h2-8,11H2,1H3,(H,12,13). The zero-order valence-corrected chi connectivity index (χ0v) is 8.84. The lowest BCUT2D eigenvalue weighted by molar-refractivity contribution is -0.141. The van der Waals surface area contributed by atoms with Crippen molar-refractivity contribution in [3.05, 3.63) is 0 Å². The number of hydrogen-bond acceptors (Lipinski definition) is 3. The molecule has 0 spiro atoms. The van der Waals surface area contributed by atoms with E-state index in [9.17, 15) is 4.79 Å². The highest BCUT2D eigenvalue weighted by atomic mass is 16.5. The molecule has 3 N–H and O–H groups in total. The highest BCUT2D eigenvalue weighted by molar-refractivity contribution is 5.83. The van der Waals surface area contributed by atoms with Crippen LogP contribution in [0, 0.1) is 5.41 Å². The Bertz CT molecular complexity index is 191. The number of nitrogens with two attached hydrogens (primary N) is 1. The first-order chi connectivity index (χ1) is 6.75. The molecule has 0 aromatic rings. The van der Waals surface area contributed by atoms with Crippen molar-refractivity contribution >= 4 is 5.91 Å². The van der Waals surface area contributed by atoms with Crippen LogP contribution in [0.4, 0.5) is 0 Å². The van der Waals surface area contributed by atoms with Crippen LogP contribution in [0.3, 0.4) is 0 Å². The van der Waals surface area contributed by atoms with Crippen LogP contribution in [0.1, 0.15) is 39.0 Å². The summed E-state index contributed by atoms with van der Waals surface area (Å²) in [6, 6.07) is 0. The van der Waals surface area contributed by atoms with Gasteiger partial charge in [0.25, 0.3) is 0 Å². The molecule has 0 bridgehead atoms. The summed E-state index contributed by atoms with van der Waals surface area (Å²) >= 11 is 0. The third kappa shape index (κ3) is 2.45. The summed E-state index contributed by atoms with van der Waals surface area (Å²) in [7, 11) is 0. The van der Waals surface area contributed by atoms with Crippen molar-refractivity contribution in [1.82, 2.24) is 5.43 Å². The summed E-state index contributed by atoms with van der Waals surface area (Å²) in [5, 5.41) is 0. The fourth-order valence-electron chi connectivity index (χ4n) is 1.71. The van der Waals surface area contributed by atoms with Crippen LogP contribution in [-0.4, -0.2) is 19.1 Å². The van der Waals surface area contributed by atoms with Gasteiger partial charge in [-0.3, -0.25) is 10.2 Å². The number of nitrogens with one attached hydrogen (secondary N) is 1. The second kappa shape index (κ2) is 5.32. The Hall–Kier alpha value is -0.610. The molecule has 1 amide bonds. The zero-order valence-electron chi connectivity index (χ0n) is 8.84. The Labute approximate surface area is 85.2 Å². The quantitative estimate of drug-likeness (QED) is 0.290. The maximum absolute atomic E-state index is 11.5. The maximum atomic E-state index is 11.5. The van der Waals surface area contributed by atoms with Crippen molar-refractivity contribution in [2.75, 3.05) is 13.2 Å². The number of carbonyl (C=O) groups is 1. The molecule has 1 rings (SSSR count). The van der Waals surface area contributed by atoms with Crippen LogP contribution < -0.4 is 11.3 Å². The molecule has 4 heteroatoms. The molecular formula is C10H20N2O2. The summed E-state index contributed by atoms with van der Waals surface area (Å²) < 4.78 is 5.49. The van der Waals surface area contributed by atoms with Crippen molar-refractivity contribution in [2.24, 2.45) is 11.3 Å². The molecule has 1 saturated carbocycles. The summed E-state index contributed by atoms with van der Waals surface area (Å²) in [5.41, 5.74) is 1.91. The van der Waals surface area contributed by atoms with Gasteiger partial charge in [0.2, 0.25) is 5.91 Å². The van der Waals surface area contributed by atoms with Crippen molar-refractivity contribution in [2.45, 2.75) is 39.0 Å². The molecule has 1 aliphatic carbocycles. The van der Waals surface area contributed by atoms with E-state index in [0.29, 0.717) is 6.61 Å². The van der Waals surface area contributed by atoms with Gasteiger partial charge < -0.3 is 4.74 Å². The lowest BCUT2D eigenvalue weighted by Gasteiger charge is -2.39. The number of carbonyl (C=O) groups excluding carboxylic acids is 1. The molecule has 0 saturated heterocycles. The first kappa shape index (κ1) is 11.5. The lowest BCUT2D eigenvalue weighted by atomic mass is 9.69. The molecule has 0 heterocycles. The van der Waals surface area contributed by atoms with Gasteiger partial charge in [-0.25, -0.2) is 5.84 Å². The summed E-state index contributed by atoms with van der Waals surface area (Å²) in [5.74, 6) is 5.07. The van der Waals surface area contributed by atoms with E-state index < -0.39 is 0 Å². The van der Waals surface area contributed by atoms with Gasteiger partial charge in [0, 0.05) is 6.61 Å². The summed E-state index contributed by atoms with van der Waals surface area (Å²) in [6.07, 6.45) is 5.09. The normalized spacial score (nSPS) is 18.7. The van der Waals surface area contributed by atoms with Crippen LogP contribution in [0.5, 0.6) is 0 Å². The van der Waals surface area contributed by atoms with Gasteiger partial charge in [-0.05, 0) is 19.3 Å². The van der Waals surface area contributed by atoms with E-state index in [1.807, 2.05) is 0 Å². The molecule has 1 aliphatic rings. The molecule has 0 aromatic carbocycles. The minimum atomic E-state index is -0.317. The fraction of sp³-hybridized carbons (Fsp3) is 0.900. The number of ether oxygens (including phenoxy) is 1.